The summed E-state index contributed by atoms with van der Waals surface area (Å²) < 4.78 is 68.0. The molecule has 1 unspecified atom stereocenters. The third-order valence-electron chi connectivity index (χ3n) is 4.11. The number of nitrogens with zero attached hydrogens (tertiary/aromatic N) is 2. The number of nitro groups is 1. The van der Waals surface area contributed by atoms with Gasteiger partial charge in [-0.1, -0.05) is 12.1 Å². The van der Waals surface area contributed by atoms with Gasteiger partial charge in [-0.3, -0.25) is 10.1 Å². The number of nitro benzene ring substituents is 1. The number of benzene rings is 2. The average Bonchev–Trinajstić information content (AvgIpc) is 2.60. The van der Waals surface area contributed by atoms with Gasteiger partial charge in [0.2, 0.25) is 0 Å². The molecule has 0 spiro atoms. The Bertz CT molecular complexity index is 820. The van der Waals surface area contributed by atoms with Crippen LogP contribution in [0.5, 0.6) is 0 Å². The van der Waals surface area contributed by atoms with E-state index >= 15 is 0 Å². The van der Waals surface area contributed by atoms with E-state index in [-0.39, 0.29) is 0 Å². The van der Waals surface area contributed by atoms with E-state index in [0.29, 0.717) is 17.8 Å². The van der Waals surface area contributed by atoms with Crippen LogP contribution in [0.1, 0.15) is 11.1 Å². The van der Waals surface area contributed by atoms with Crippen molar-refractivity contribution in [3.05, 3.63) is 69.8 Å². The second-order valence-corrected chi connectivity index (χ2v) is 6.03. The van der Waals surface area contributed by atoms with Gasteiger partial charge in [0.15, 0.2) is 5.60 Å². The molecule has 146 valence electrons. The Balaban J connectivity index is 2.70. The number of alkyl halides is 5. The molecule has 0 fully saturated rings. The highest BCUT2D eigenvalue weighted by Gasteiger charge is 2.71. The van der Waals surface area contributed by atoms with Crippen LogP contribution in [0.2, 0.25) is 0 Å². The van der Waals surface area contributed by atoms with E-state index in [0.717, 1.165) is 24.3 Å². The molecule has 2 aromatic carbocycles. The van der Waals surface area contributed by atoms with Crippen molar-refractivity contribution in [2.45, 2.75) is 17.7 Å². The molecule has 0 aliphatic carbocycles. The van der Waals surface area contributed by atoms with E-state index in [4.69, 9.17) is 0 Å². The summed E-state index contributed by atoms with van der Waals surface area (Å²) in [6.07, 6.45) is -6.07. The highest BCUT2D eigenvalue weighted by Crippen LogP contribution is 2.52. The zero-order valence-electron chi connectivity index (χ0n) is 14.2. The van der Waals surface area contributed by atoms with Gasteiger partial charge < -0.3 is 10.0 Å². The molecule has 0 amide bonds. The zero-order chi connectivity index (χ0) is 20.6. The Morgan fingerprint density at radius 3 is 1.63 bits per heavy atom. The lowest BCUT2D eigenvalue weighted by molar-refractivity contribution is -0.384. The molecular weight excluding hydrogens is 375 g/mol. The third-order valence-corrected chi connectivity index (χ3v) is 4.11. The van der Waals surface area contributed by atoms with Gasteiger partial charge >= 0.3 is 12.1 Å². The standard InChI is InChI=1S/C17H15F5N2O3/c1-23(2)13-7-3-11(4-8-13)15(25,16(18,19)17(20,21)22)12-5-9-14(10-6-12)24(26)27/h3-10,25H,1-2H3. The molecule has 1 N–H and O–H groups in total. The molecule has 2 rings (SSSR count). The van der Waals surface area contributed by atoms with Crippen molar-refractivity contribution in [3.8, 4) is 0 Å². The Morgan fingerprint density at radius 2 is 1.30 bits per heavy atom. The lowest BCUT2D eigenvalue weighted by atomic mass is 9.80. The van der Waals surface area contributed by atoms with Crippen LogP contribution in [0, 0.1) is 10.1 Å². The zero-order valence-corrected chi connectivity index (χ0v) is 14.2. The molecule has 0 aliphatic heterocycles. The van der Waals surface area contributed by atoms with Crippen molar-refractivity contribution in [2.75, 3.05) is 19.0 Å². The summed E-state index contributed by atoms with van der Waals surface area (Å²) in [4.78, 5) is 11.5. The molecule has 5 nitrogen and oxygen atoms in total. The maximum Gasteiger partial charge on any atom is 0.457 e. The minimum atomic E-state index is -6.07. The van der Waals surface area contributed by atoms with Gasteiger partial charge in [0, 0.05) is 31.9 Å². The number of aliphatic hydroxyl groups is 1. The number of rotatable bonds is 5. The van der Waals surface area contributed by atoms with E-state index in [1.807, 2.05) is 0 Å². The van der Waals surface area contributed by atoms with Crippen molar-refractivity contribution < 1.29 is 32.0 Å². The van der Waals surface area contributed by atoms with Crippen LogP contribution in [-0.2, 0) is 5.60 Å². The molecule has 0 bridgehead atoms. The second-order valence-electron chi connectivity index (χ2n) is 6.03. The van der Waals surface area contributed by atoms with Gasteiger partial charge in [-0.25, -0.2) is 0 Å². The fourth-order valence-electron chi connectivity index (χ4n) is 2.56. The SMILES string of the molecule is CN(C)c1ccc(C(O)(c2ccc([N+](=O)[O-])cc2)C(F)(F)C(F)(F)F)cc1. The monoisotopic (exact) mass is 390 g/mol. The van der Waals surface area contributed by atoms with E-state index in [1.165, 1.54) is 12.1 Å². The first-order valence-electron chi connectivity index (χ1n) is 7.52. The van der Waals surface area contributed by atoms with Crippen molar-refractivity contribution in [2.24, 2.45) is 0 Å². The van der Waals surface area contributed by atoms with Crippen LogP contribution >= 0.6 is 0 Å². The summed E-state index contributed by atoms with van der Waals surface area (Å²) in [6, 6.07) is 7.32. The maximum atomic E-state index is 14.3. The van der Waals surface area contributed by atoms with Gasteiger partial charge in [-0.15, -0.1) is 0 Å². The number of anilines is 1. The molecule has 0 radical (unpaired) electrons. The fourth-order valence-corrected chi connectivity index (χ4v) is 2.56. The van der Waals surface area contributed by atoms with Gasteiger partial charge in [-0.05, 0) is 35.4 Å². The van der Waals surface area contributed by atoms with Crippen molar-refractivity contribution in [3.63, 3.8) is 0 Å². The molecule has 0 aliphatic rings. The van der Waals surface area contributed by atoms with Gasteiger partial charge in [0.05, 0.1) is 4.92 Å². The lowest BCUT2D eigenvalue weighted by Crippen LogP contribution is -2.55. The highest BCUT2D eigenvalue weighted by atomic mass is 19.4. The van der Waals surface area contributed by atoms with E-state index < -0.39 is 39.4 Å². The Labute approximate surface area is 150 Å². The molecule has 0 heterocycles. The number of hydrogen-bond acceptors (Lipinski definition) is 4. The average molecular weight is 390 g/mol. The summed E-state index contributed by atoms with van der Waals surface area (Å²) >= 11 is 0. The molecule has 1 atom stereocenters. The Hall–Kier alpha value is -2.75. The first-order chi connectivity index (χ1) is 12.3. The molecule has 0 saturated carbocycles. The third kappa shape index (κ3) is 3.44. The number of hydrogen-bond donors (Lipinski definition) is 1. The molecule has 0 saturated heterocycles. The van der Waals surface area contributed by atoms with Crippen LogP contribution in [-0.4, -0.2) is 36.2 Å². The topological polar surface area (TPSA) is 66.6 Å². The molecule has 10 heteroatoms. The molecule has 2 aromatic rings. The first-order valence-corrected chi connectivity index (χ1v) is 7.52. The van der Waals surface area contributed by atoms with Gasteiger partial charge in [0.25, 0.3) is 5.69 Å². The summed E-state index contributed by atoms with van der Waals surface area (Å²) in [5.41, 5.74) is -5.30. The Morgan fingerprint density at radius 1 is 0.889 bits per heavy atom. The predicted molar refractivity (Wildman–Crippen MR) is 87.9 cm³/mol. The fraction of sp³-hybridized carbons (Fsp3) is 0.294. The normalized spacial score (nSPS) is 14.5. The number of non-ortho nitro benzene ring substituents is 1. The van der Waals surface area contributed by atoms with Crippen LogP contribution in [0.25, 0.3) is 0 Å². The summed E-state index contributed by atoms with van der Waals surface area (Å²) in [5, 5.41) is 21.3. The van der Waals surface area contributed by atoms with Crippen LogP contribution in [0.4, 0.5) is 33.3 Å². The number of halogens is 5. The second kappa shape index (κ2) is 6.76. The van der Waals surface area contributed by atoms with Crippen LogP contribution in [0.15, 0.2) is 48.5 Å². The lowest BCUT2D eigenvalue weighted by Gasteiger charge is -2.37. The van der Waals surface area contributed by atoms with E-state index in [2.05, 4.69) is 0 Å². The quantitative estimate of drug-likeness (QED) is 0.474. The first kappa shape index (κ1) is 20.6. The largest absolute Gasteiger partial charge is 0.457 e. The van der Waals surface area contributed by atoms with Crippen molar-refractivity contribution in [1.82, 2.24) is 0 Å². The van der Waals surface area contributed by atoms with Crippen molar-refractivity contribution in [1.29, 1.82) is 0 Å². The minimum Gasteiger partial charge on any atom is -0.378 e. The summed E-state index contributed by atoms with van der Waals surface area (Å²) in [5.74, 6) is -5.56. The molecular formula is C17H15F5N2O3. The summed E-state index contributed by atoms with van der Waals surface area (Å²) in [7, 11) is 3.28. The van der Waals surface area contributed by atoms with Gasteiger partial charge in [-0.2, -0.15) is 22.0 Å². The highest BCUT2D eigenvalue weighted by molar-refractivity contribution is 5.50. The summed E-state index contributed by atoms with van der Waals surface area (Å²) in [6.45, 7) is 0. The predicted octanol–water partition coefficient (Wildman–Crippen LogP) is 4.09. The van der Waals surface area contributed by atoms with E-state index in [1.54, 1.807) is 19.0 Å². The van der Waals surface area contributed by atoms with Gasteiger partial charge in [0.1, 0.15) is 0 Å². The Kier molecular flexibility index (Phi) is 5.15. The van der Waals surface area contributed by atoms with E-state index in [9.17, 15) is 37.2 Å². The van der Waals surface area contributed by atoms with Crippen LogP contribution in [0.3, 0.4) is 0 Å². The smallest absolute Gasteiger partial charge is 0.378 e. The maximum absolute atomic E-state index is 14.3. The molecule has 0 aromatic heterocycles. The van der Waals surface area contributed by atoms with Crippen LogP contribution < -0.4 is 4.90 Å². The van der Waals surface area contributed by atoms with Crippen molar-refractivity contribution >= 4 is 11.4 Å². The molecule has 27 heavy (non-hydrogen) atoms. The minimum absolute atomic E-state index is 0.514.